The summed E-state index contributed by atoms with van der Waals surface area (Å²) < 4.78 is 0. The highest BCUT2D eigenvalue weighted by Crippen LogP contribution is 2.24. The molecular weight excluding hydrogens is 260 g/mol. The molecular formula is C18H26N2O. The number of nitrogens with one attached hydrogen (secondary N) is 1. The molecule has 1 aliphatic rings. The fourth-order valence-corrected chi connectivity index (χ4v) is 2.74. The number of carbonyl (C=O) groups excluding carboxylic acids is 1. The average Bonchev–Trinajstić information content (AvgIpc) is 2.44. The van der Waals surface area contributed by atoms with Gasteiger partial charge in [-0.3, -0.25) is 9.69 Å². The van der Waals surface area contributed by atoms with Gasteiger partial charge in [0, 0.05) is 31.2 Å². The van der Waals surface area contributed by atoms with Crippen molar-refractivity contribution < 1.29 is 4.79 Å². The van der Waals surface area contributed by atoms with Gasteiger partial charge in [-0.25, -0.2) is 0 Å². The maximum Gasteiger partial charge on any atom is 0.243 e. The first kappa shape index (κ1) is 15.8. The van der Waals surface area contributed by atoms with Gasteiger partial charge in [-0.05, 0) is 45.2 Å². The van der Waals surface area contributed by atoms with E-state index in [0.29, 0.717) is 6.54 Å². The maximum absolute atomic E-state index is 11.8. The lowest BCUT2D eigenvalue weighted by molar-refractivity contribution is -0.117. The number of allylic oxidation sites excluding steroid dienone is 1. The Balaban J connectivity index is 1.98. The molecule has 3 nitrogen and oxygen atoms in total. The molecule has 0 fully saturated rings. The first-order chi connectivity index (χ1) is 9.88. The van der Waals surface area contributed by atoms with E-state index >= 15 is 0 Å². The SMILES string of the molecule is CC(C)=CC(=O)NCC(C)(C)N1CCc2ccccc2C1. The predicted octanol–water partition coefficient (Wildman–Crippen LogP) is 2.91. The molecule has 1 aromatic carbocycles. The number of hydrogen-bond donors (Lipinski definition) is 1. The summed E-state index contributed by atoms with van der Waals surface area (Å²) >= 11 is 0. The van der Waals surface area contributed by atoms with Crippen molar-refractivity contribution in [3.63, 3.8) is 0 Å². The van der Waals surface area contributed by atoms with Crippen LogP contribution in [0.15, 0.2) is 35.9 Å². The van der Waals surface area contributed by atoms with Gasteiger partial charge in [0.25, 0.3) is 0 Å². The van der Waals surface area contributed by atoms with Crippen LogP contribution in [0.3, 0.4) is 0 Å². The molecule has 3 heteroatoms. The van der Waals surface area contributed by atoms with Crippen LogP contribution in [-0.2, 0) is 17.8 Å². The molecule has 1 aliphatic heterocycles. The van der Waals surface area contributed by atoms with Crippen LogP contribution in [0, 0.1) is 0 Å². The molecule has 0 aliphatic carbocycles. The van der Waals surface area contributed by atoms with Crippen LogP contribution in [0.4, 0.5) is 0 Å². The van der Waals surface area contributed by atoms with Gasteiger partial charge in [0.05, 0.1) is 0 Å². The minimum absolute atomic E-state index is 0.000449. The molecule has 0 radical (unpaired) electrons. The average molecular weight is 286 g/mol. The molecule has 1 amide bonds. The second-order valence-corrected chi connectivity index (χ2v) is 6.69. The summed E-state index contributed by atoms with van der Waals surface area (Å²) in [4.78, 5) is 14.2. The highest BCUT2D eigenvalue weighted by molar-refractivity contribution is 5.88. The Morgan fingerprint density at radius 1 is 1.29 bits per heavy atom. The van der Waals surface area contributed by atoms with Gasteiger partial charge in [0.1, 0.15) is 0 Å². The van der Waals surface area contributed by atoms with Gasteiger partial charge in [-0.2, -0.15) is 0 Å². The summed E-state index contributed by atoms with van der Waals surface area (Å²) in [5.74, 6) is 0.000449. The van der Waals surface area contributed by atoms with Crippen molar-refractivity contribution in [2.24, 2.45) is 0 Å². The van der Waals surface area contributed by atoms with Crippen LogP contribution >= 0.6 is 0 Å². The minimum Gasteiger partial charge on any atom is -0.351 e. The van der Waals surface area contributed by atoms with Crippen molar-refractivity contribution in [1.82, 2.24) is 10.2 Å². The number of fused-ring (bicyclic) bond motifs is 1. The molecule has 0 atom stereocenters. The zero-order valence-electron chi connectivity index (χ0n) is 13.6. The lowest BCUT2D eigenvalue weighted by Crippen LogP contribution is -2.53. The van der Waals surface area contributed by atoms with Gasteiger partial charge in [0.15, 0.2) is 0 Å². The lowest BCUT2D eigenvalue weighted by atomic mass is 9.94. The molecule has 21 heavy (non-hydrogen) atoms. The van der Waals surface area contributed by atoms with Gasteiger partial charge >= 0.3 is 0 Å². The monoisotopic (exact) mass is 286 g/mol. The van der Waals surface area contributed by atoms with E-state index in [1.807, 2.05) is 13.8 Å². The summed E-state index contributed by atoms with van der Waals surface area (Å²) in [5.41, 5.74) is 3.85. The molecule has 0 saturated carbocycles. The van der Waals surface area contributed by atoms with Gasteiger partial charge in [-0.15, -0.1) is 0 Å². The normalized spacial score (nSPS) is 15.2. The van der Waals surface area contributed by atoms with Crippen LogP contribution < -0.4 is 5.32 Å². The highest BCUT2D eigenvalue weighted by Gasteiger charge is 2.29. The predicted molar refractivity (Wildman–Crippen MR) is 87.1 cm³/mol. The number of rotatable bonds is 4. The van der Waals surface area contributed by atoms with Gasteiger partial charge in [0.2, 0.25) is 5.91 Å². The van der Waals surface area contributed by atoms with E-state index in [-0.39, 0.29) is 11.4 Å². The number of carbonyl (C=O) groups is 1. The van der Waals surface area contributed by atoms with Gasteiger partial charge < -0.3 is 5.32 Å². The van der Waals surface area contributed by atoms with E-state index in [1.54, 1.807) is 6.08 Å². The molecule has 0 saturated heterocycles. The Hall–Kier alpha value is -1.61. The Morgan fingerprint density at radius 3 is 2.62 bits per heavy atom. The number of benzene rings is 1. The lowest BCUT2D eigenvalue weighted by Gasteiger charge is -2.41. The second kappa shape index (κ2) is 6.44. The number of amides is 1. The van der Waals surface area contributed by atoms with Crippen LogP contribution in [0.2, 0.25) is 0 Å². The first-order valence-electron chi connectivity index (χ1n) is 7.63. The van der Waals surface area contributed by atoms with E-state index in [9.17, 15) is 4.79 Å². The Bertz CT molecular complexity index is 542. The van der Waals surface area contributed by atoms with Crippen molar-refractivity contribution in [3.05, 3.63) is 47.0 Å². The summed E-state index contributed by atoms with van der Waals surface area (Å²) in [6.45, 7) is 10.9. The fraction of sp³-hybridized carbons (Fsp3) is 0.500. The quantitative estimate of drug-likeness (QED) is 0.863. The van der Waals surface area contributed by atoms with E-state index in [2.05, 4.69) is 48.3 Å². The standard InChI is InChI=1S/C18H26N2O/c1-14(2)11-17(21)19-13-18(3,4)20-10-9-15-7-5-6-8-16(15)12-20/h5-8,11H,9-10,12-13H2,1-4H3,(H,19,21). The number of hydrogen-bond acceptors (Lipinski definition) is 2. The molecule has 2 rings (SSSR count). The summed E-state index contributed by atoms with van der Waals surface area (Å²) in [5, 5.41) is 3.02. The smallest absolute Gasteiger partial charge is 0.243 e. The molecule has 1 N–H and O–H groups in total. The Morgan fingerprint density at radius 2 is 1.95 bits per heavy atom. The van der Waals surface area contributed by atoms with E-state index in [4.69, 9.17) is 0 Å². The zero-order valence-corrected chi connectivity index (χ0v) is 13.6. The van der Waals surface area contributed by atoms with E-state index in [0.717, 1.165) is 25.1 Å². The van der Waals surface area contributed by atoms with Crippen molar-refractivity contribution in [1.29, 1.82) is 0 Å². The van der Waals surface area contributed by atoms with Gasteiger partial charge in [-0.1, -0.05) is 29.8 Å². The van der Waals surface area contributed by atoms with Crippen LogP contribution in [0.1, 0.15) is 38.8 Å². The summed E-state index contributed by atoms with van der Waals surface area (Å²) in [6.07, 6.45) is 2.74. The highest BCUT2D eigenvalue weighted by atomic mass is 16.1. The van der Waals surface area contributed by atoms with E-state index < -0.39 is 0 Å². The Kier molecular flexibility index (Phi) is 4.84. The summed E-state index contributed by atoms with van der Waals surface area (Å²) in [6, 6.07) is 8.64. The van der Waals surface area contributed by atoms with Crippen LogP contribution in [0.5, 0.6) is 0 Å². The largest absolute Gasteiger partial charge is 0.351 e. The molecule has 0 spiro atoms. The summed E-state index contributed by atoms with van der Waals surface area (Å²) in [7, 11) is 0. The van der Waals surface area contributed by atoms with Crippen molar-refractivity contribution in [2.75, 3.05) is 13.1 Å². The van der Waals surface area contributed by atoms with Crippen molar-refractivity contribution in [2.45, 2.75) is 46.2 Å². The topological polar surface area (TPSA) is 32.3 Å². The molecule has 0 unspecified atom stereocenters. The first-order valence-corrected chi connectivity index (χ1v) is 7.63. The molecule has 0 aromatic heterocycles. The van der Waals surface area contributed by atoms with Crippen molar-refractivity contribution >= 4 is 5.91 Å². The Labute approximate surface area is 128 Å². The molecule has 1 aromatic rings. The molecule has 114 valence electrons. The second-order valence-electron chi connectivity index (χ2n) is 6.69. The zero-order chi connectivity index (χ0) is 15.5. The van der Waals surface area contributed by atoms with Crippen LogP contribution in [0.25, 0.3) is 0 Å². The van der Waals surface area contributed by atoms with Crippen molar-refractivity contribution in [3.8, 4) is 0 Å². The molecule has 1 heterocycles. The maximum atomic E-state index is 11.8. The minimum atomic E-state index is -0.0430. The van der Waals surface area contributed by atoms with Crippen LogP contribution in [-0.4, -0.2) is 29.4 Å². The molecule has 0 bridgehead atoms. The fourth-order valence-electron chi connectivity index (χ4n) is 2.74. The third kappa shape index (κ3) is 4.18. The van der Waals surface area contributed by atoms with E-state index in [1.165, 1.54) is 11.1 Å². The third-order valence-corrected chi connectivity index (χ3v) is 4.10. The third-order valence-electron chi connectivity index (χ3n) is 4.10. The number of nitrogens with zero attached hydrogens (tertiary/aromatic N) is 1.